The standard InChI is InChI=1S/C19H23N5O4/c1-4-9-24-17-15(18(26)22-19(24)27)23(10-11-28-3)16(21-17)13-5-7-14(8-6-13)20-12(2)25/h5-8H,4,9-11H2,1-3H3,(H,20,25)(H,22,26,27). The van der Waals surface area contributed by atoms with Crippen molar-refractivity contribution in [3.63, 3.8) is 0 Å². The molecule has 28 heavy (non-hydrogen) atoms. The van der Waals surface area contributed by atoms with Crippen molar-refractivity contribution in [2.45, 2.75) is 33.4 Å². The Morgan fingerprint density at radius 2 is 1.89 bits per heavy atom. The highest BCUT2D eigenvalue weighted by Gasteiger charge is 2.19. The van der Waals surface area contributed by atoms with Crippen molar-refractivity contribution < 1.29 is 9.53 Å². The van der Waals surface area contributed by atoms with E-state index in [0.29, 0.717) is 42.4 Å². The van der Waals surface area contributed by atoms with E-state index in [4.69, 9.17) is 4.74 Å². The Labute approximate surface area is 161 Å². The van der Waals surface area contributed by atoms with Crippen LogP contribution in [0, 0.1) is 0 Å². The van der Waals surface area contributed by atoms with Gasteiger partial charge >= 0.3 is 5.69 Å². The van der Waals surface area contributed by atoms with Gasteiger partial charge in [-0.3, -0.25) is 19.1 Å². The van der Waals surface area contributed by atoms with Crippen molar-refractivity contribution in [1.29, 1.82) is 0 Å². The number of carbonyl (C=O) groups excluding carboxylic acids is 1. The number of hydrogen-bond acceptors (Lipinski definition) is 5. The quantitative estimate of drug-likeness (QED) is 0.641. The minimum absolute atomic E-state index is 0.157. The van der Waals surface area contributed by atoms with Crippen LogP contribution in [-0.2, 0) is 22.6 Å². The lowest BCUT2D eigenvalue weighted by Crippen LogP contribution is -2.31. The lowest BCUT2D eigenvalue weighted by Gasteiger charge is -2.09. The lowest BCUT2D eigenvalue weighted by atomic mass is 10.2. The third-order valence-corrected chi connectivity index (χ3v) is 4.32. The van der Waals surface area contributed by atoms with Crippen LogP contribution in [0.25, 0.3) is 22.6 Å². The highest BCUT2D eigenvalue weighted by Crippen LogP contribution is 2.24. The molecule has 3 rings (SSSR count). The predicted molar refractivity (Wildman–Crippen MR) is 107 cm³/mol. The zero-order valence-electron chi connectivity index (χ0n) is 16.1. The summed E-state index contributed by atoms with van der Waals surface area (Å²) in [5, 5.41) is 2.71. The molecule has 0 aliphatic heterocycles. The first-order chi connectivity index (χ1) is 13.5. The summed E-state index contributed by atoms with van der Waals surface area (Å²) in [6.45, 7) is 4.64. The molecule has 3 aromatic rings. The number of carbonyl (C=O) groups is 1. The number of fused-ring (bicyclic) bond motifs is 1. The second-order valence-corrected chi connectivity index (χ2v) is 6.42. The zero-order valence-corrected chi connectivity index (χ0v) is 16.1. The molecule has 0 bridgehead atoms. The van der Waals surface area contributed by atoms with Crippen LogP contribution < -0.4 is 16.6 Å². The van der Waals surface area contributed by atoms with E-state index in [2.05, 4.69) is 15.3 Å². The summed E-state index contributed by atoms with van der Waals surface area (Å²) < 4.78 is 8.42. The molecule has 9 nitrogen and oxygen atoms in total. The number of H-pyrrole nitrogens is 1. The summed E-state index contributed by atoms with van der Waals surface area (Å²) in [5.74, 6) is 0.401. The van der Waals surface area contributed by atoms with Crippen LogP contribution in [0.1, 0.15) is 20.3 Å². The molecule has 2 aromatic heterocycles. The first-order valence-corrected chi connectivity index (χ1v) is 9.06. The van der Waals surface area contributed by atoms with Gasteiger partial charge in [0.15, 0.2) is 11.2 Å². The summed E-state index contributed by atoms with van der Waals surface area (Å²) in [6.07, 6.45) is 0.729. The van der Waals surface area contributed by atoms with E-state index in [1.54, 1.807) is 23.8 Å². The molecule has 0 atom stereocenters. The monoisotopic (exact) mass is 385 g/mol. The van der Waals surface area contributed by atoms with E-state index in [-0.39, 0.29) is 5.91 Å². The van der Waals surface area contributed by atoms with Gasteiger partial charge in [0.1, 0.15) is 5.82 Å². The summed E-state index contributed by atoms with van der Waals surface area (Å²) in [7, 11) is 1.58. The smallest absolute Gasteiger partial charge is 0.330 e. The van der Waals surface area contributed by atoms with Crippen molar-refractivity contribution >= 4 is 22.8 Å². The van der Waals surface area contributed by atoms with Crippen molar-refractivity contribution in [1.82, 2.24) is 19.1 Å². The minimum atomic E-state index is -0.475. The molecule has 2 N–H and O–H groups in total. The van der Waals surface area contributed by atoms with E-state index in [0.717, 1.165) is 12.0 Å². The van der Waals surface area contributed by atoms with Gasteiger partial charge in [0.05, 0.1) is 6.61 Å². The summed E-state index contributed by atoms with van der Waals surface area (Å²) in [5.41, 5.74) is 1.17. The Morgan fingerprint density at radius 3 is 2.50 bits per heavy atom. The Bertz CT molecular complexity index is 1110. The largest absolute Gasteiger partial charge is 0.383 e. The van der Waals surface area contributed by atoms with E-state index >= 15 is 0 Å². The molecule has 0 fully saturated rings. The number of rotatable bonds is 7. The number of aryl methyl sites for hydroxylation is 1. The molecule has 9 heteroatoms. The minimum Gasteiger partial charge on any atom is -0.383 e. The van der Waals surface area contributed by atoms with Gasteiger partial charge in [0.25, 0.3) is 5.56 Å². The van der Waals surface area contributed by atoms with Crippen LogP contribution in [0.3, 0.4) is 0 Å². The molecule has 0 aliphatic rings. The van der Waals surface area contributed by atoms with Crippen LogP contribution in [-0.4, -0.2) is 38.7 Å². The fourth-order valence-electron chi connectivity index (χ4n) is 3.13. The number of nitrogens with one attached hydrogen (secondary N) is 2. The van der Waals surface area contributed by atoms with E-state index in [1.165, 1.54) is 11.5 Å². The first kappa shape index (κ1) is 19.6. The summed E-state index contributed by atoms with van der Waals surface area (Å²) in [4.78, 5) is 43.0. The average Bonchev–Trinajstić information content (AvgIpc) is 3.03. The number of imidazole rings is 1. The average molecular weight is 385 g/mol. The van der Waals surface area contributed by atoms with E-state index in [9.17, 15) is 14.4 Å². The normalized spacial score (nSPS) is 11.1. The maximum absolute atomic E-state index is 12.5. The molecule has 1 aromatic carbocycles. The topological polar surface area (TPSA) is 111 Å². The first-order valence-electron chi connectivity index (χ1n) is 9.06. The SMILES string of the molecule is CCCn1c(=O)[nH]c(=O)c2c1nc(-c1ccc(NC(C)=O)cc1)n2CCOC. The van der Waals surface area contributed by atoms with Crippen LogP contribution >= 0.6 is 0 Å². The molecule has 0 aliphatic carbocycles. The number of benzene rings is 1. The second kappa shape index (κ2) is 8.22. The molecule has 0 spiro atoms. The highest BCUT2D eigenvalue weighted by atomic mass is 16.5. The van der Waals surface area contributed by atoms with Gasteiger partial charge in [-0.1, -0.05) is 6.92 Å². The molecule has 0 radical (unpaired) electrons. The maximum atomic E-state index is 12.5. The Kier molecular flexibility index (Phi) is 5.74. The summed E-state index contributed by atoms with van der Waals surface area (Å²) in [6, 6.07) is 7.15. The number of hydrogen-bond donors (Lipinski definition) is 2. The Morgan fingerprint density at radius 1 is 1.18 bits per heavy atom. The Hall–Kier alpha value is -3.20. The van der Waals surface area contributed by atoms with Crippen LogP contribution in [0.15, 0.2) is 33.9 Å². The summed E-state index contributed by atoms with van der Waals surface area (Å²) >= 11 is 0. The zero-order chi connectivity index (χ0) is 20.3. The molecule has 1 amide bonds. The Balaban J connectivity index is 2.22. The number of anilines is 1. The third-order valence-electron chi connectivity index (χ3n) is 4.32. The van der Waals surface area contributed by atoms with Gasteiger partial charge in [-0.15, -0.1) is 0 Å². The number of aromatic amines is 1. The van der Waals surface area contributed by atoms with Crippen molar-refractivity contribution in [2.24, 2.45) is 0 Å². The van der Waals surface area contributed by atoms with Gasteiger partial charge < -0.3 is 14.6 Å². The van der Waals surface area contributed by atoms with Gasteiger partial charge in [0.2, 0.25) is 5.91 Å². The van der Waals surface area contributed by atoms with Crippen molar-refractivity contribution in [2.75, 3.05) is 19.0 Å². The molecule has 0 saturated heterocycles. The second-order valence-electron chi connectivity index (χ2n) is 6.42. The van der Waals surface area contributed by atoms with Gasteiger partial charge in [-0.2, -0.15) is 0 Å². The molecule has 0 saturated carbocycles. The van der Waals surface area contributed by atoms with Gasteiger partial charge in [0, 0.05) is 38.4 Å². The fourth-order valence-corrected chi connectivity index (χ4v) is 3.13. The number of nitrogens with zero attached hydrogens (tertiary/aromatic N) is 3. The van der Waals surface area contributed by atoms with E-state index < -0.39 is 11.2 Å². The number of methoxy groups -OCH3 is 1. The maximum Gasteiger partial charge on any atom is 0.330 e. The highest BCUT2D eigenvalue weighted by molar-refractivity contribution is 5.89. The van der Waals surface area contributed by atoms with Gasteiger partial charge in [-0.05, 0) is 30.7 Å². The fraction of sp³-hybridized carbons (Fsp3) is 0.368. The predicted octanol–water partition coefficient (Wildman–Crippen LogP) is 1.57. The molecule has 0 unspecified atom stereocenters. The van der Waals surface area contributed by atoms with Crippen molar-refractivity contribution in [3.05, 3.63) is 45.1 Å². The van der Waals surface area contributed by atoms with Crippen LogP contribution in [0.2, 0.25) is 0 Å². The molecular formula is C19H23N5O4. The van der Waals surface area contributed by atoms with E-state index in [1.807, 2.05) is 19.1 Å². The lowest BCUT2D eigenvalue weighted by molar-refractivity contribution is -0.114. The third kappa shape index (κ3) is 3.74. The van der Waals surface area contributed by atoms with Crippen LogP contribution in [0.4, 0.5) is 5.69 Å². The molecular weight excluding hydrogens is 362 g/mol. The molecule has 148 valence electrons. The number of ether oxygens (including phenoxy) is 1. The van der Waals surface area contributed by atoms with Gasteiger partial charge in [-0.25, -0.2) is 9.78 Å². The van der Waals surface area contributed by atoms with Crippen molar-refractivity contribution in [3.8, 4) is 11.4 Å². The van der Waals surface area contributed by atoms with Crippen LogP contribution in [0.5, 0.6) is 0 Å². The number of aromatic nitrogens is 4. The molecule has 2 heterocycles. The number of amides is 1.